The molecule has 6 heteroatoms. The van der Waals surface area contributed by atoms with Gasteiger partial charge in [0, 0.05) is 19.2 Å². The topological polar surface area (TPSA) is 79.5 Å². The van der Waals surface area contributed by atoms with E-state index in [0.717, 1.165) is 0 Å². The summed E-state index contributed by atoms with van der Waals surface area (Å²) < 4.78 is 4.81. The molecule has 0 heterocycles. The molecule has 106 valence electrons. The van der Waals surface area contributed by atoms with Crippen molar-refractivity contribution in [2.75, 3.05) is 26.8 Å². The van der Waals surface area contributed by atoms with E-state index in [-0.39, 0.29) is 23.9 Å². The molecule has 1 unspecified atom stereocenters. The van der Waals surface area contributed by atoms with Crippen LogP contribution < -0.4 is 16.0 Å². The molecule has 2 amide bonds. The van der Waals surface area contributed by atoms with E-state index in [1.807, 2.05) is 20.8 Å². The maximum atomic E-state index is 11.7. The smallest absolute Gasteiger partial charge is 0.237 e. The number of hydrogen-bond donors (Lipinski definition) is 3. The van der Waals surface area contributed by atoms with Crippen LogP contribution in [0.25, 0.3) is 0 Å². The van der Waals surface area contributed by atoms with Crippen LogP contribution in [-0.2, 0) is 14.3 Å². The first-order valence-corrected chi connectivity index (χ1v) is 6.07. The lowest BCUT2D eigenvalue weighted by Gasteiger charge is -2.23. The Labute approximate surface area is 109 Å². The summed E-state index contributed by atoms with van der Waals surface area (Å²) in [6.45, 7) is 8.52. The Morgan fingerprint density at radius 3 is 2.39 bits per heavy atom. The molecule has 0 aliphatic carbocycles. The Morgan fingerprint density at radius 2 is 1.89 bits per heavy atom. The predicted molar refractivity (Wildman–Crippen MR) is 70.2 cm³/mol. The van der Waals surface area contributed by atoms with Crippen molar-refractivity contribution in [2.45, 2.75) is 39.3 Å². The monoisotopic (exact) mass is 259 g/mol. The van der Waals surface area contributed by atoms with Gasteiger partial charge in [0.15, 0.2) is 0 Å². The second kappa shape index (κ2) is 8.05. The van der Waals surface area contributed by atoms with Gasteiger partial charge in [-0.05, 0) is 27.7 Å². The van der Waals surface area contributed by atoms with Crippen LogP contribution in [0, 0.1) is 0 Å². The summed E-state index contributed by atoms with van der Waals surface area (Å²) in [6.07, 6.45) is 0. The molecule has 0 aromatic heterocycles. The van der Waals surface area contributed by atoms with Gasteiger partial charge in [0.05, 0.1) is 19.2 Å². The first-order valence-electron chi connectivity index (χ1n) is 6.07. The van der Waals surface area contributed by atoms with E-state index in [1.165, 1.54) is 0 Å². The summed E-state index contributed by atoms with van der Waals surface area (Å²) >= 11 is 0. The first-order chi connectivity index (χ1) is 8.26. The molecule has 3 N–H and O–H groups in total. The number of ether oxygens (including phenoxy) is 1. The maximum absolute atomic E-state index is 11.7. The van der Waals surface area contributed by atoms with Crippen molar-refractivity contribution in [3.63, 3.8) is 0 Å². The normalized spacial score (nSPS) is 12.9. The summed E-state index contributed by atoms with van der Waals surface area (Å²) in [6, 6.07) is -0.405. The van der Waals surface area contributed by atoms with Crippen molar-refractivity contribution in [1.82, 2.24) is 16.0 Å². The fraction of sp³-hybridized carbons (Fsp3) is 0.833. The number of nitrogens with one attached hydrogen (secondary N) is 3. The van der Waals surface area contributed by atoms with Crippen LogP contribution in [0.1, 0.15) is 27.7 Å². The van der Waals surface area contributed by atoms with Gasteiger partial charge in [-0.1, -0.05) is 0 Å². The van der Waals surface area contributed by atoms with Crippen LogP contribution >= 0.6 is 0 Å². The van der Waals surface area contributed by atoms with Crippen molar-refractivity contribution < 1.29 is 14.3 Å². The van der Waals surface area contributed by atoms with Crippen LogP contribution in [0.5, 0.6) is 0 Å². The van der Waals surface area contributed by atoms with Crippen LogP contribution in [0.3, 0.4) is 0 Å². The lowest BCUT2D eigenvalue weighted by molar-refractivity contribution is -0.124. The molecule has 0 aliphatic rings. The Bertz CT molecular complexity index is 274. The molecular formula is C12H25N3O3. The summed E-state index contributed by atoms with van der Waals surface area (Å²) in [5, 5.41) is 8.38. The molecule has 0 saturated carbocycles. The molecule has 6 nitrogen and oxygen atoms in total. The van der Waals surface area contributed by atoms with Crippen LogP contribution in [0.15, 0.2) is 0 Å². The standard InChI is InChI=1S/C12H25N3O3/c1-9(11(17)15-12(2,3)4)14-8-10(16)13-6-7-18-5/h9,14H,6-8H2,1-5H3,(H,13,16)(H,15,17). The van der Waals surface area contributed by atoms with Gasteiger partial charge in [-0.15, -0.1) is 0 Å². The van der Waals surface area contributed by atoms with Gasteiger partial charge in [0.1, 0.15) is 0 Å². The van der Waals surface area contributed by atoms with Gasteiger partial charge < -0.3 is 15.4 Å². The third kappa shape index (κ3) is 8.95. The second-order valence-corrected chi connectivity index (χ2v) is 5.18. The molecule has 1 atom stereocenters. The molecule has 0 radical (unpaired) electrons. The van der Waals surface area contributed by atoms with Gasteiger partial charge in [0.25, 0.3) is 0 Å². The van der Waals surface area contributed by atoms with Crippen molar-refractivity contribution >= 4 is 11.8 Å². The molecule has 0 aliphatic heterocycles. The molecule has 0 aromatic rings. The highest BCUT2D eigenvalue weighted by Crippen LogP contribution is 1.99. The first kappa shape index (κ1) is 16.9. The number of carbonyl (C=O) groups is 2. The molecule has 0 fully saturated rings. The average Bonchev–Trinajstić information content (AvgIpc) is 2.23. The average molecular weight is 259 g/mol. The lowest BCUT2D eigenvalue weighted by Crippen LogP contribution is -2.51. The highest BCUT2D eigenvalue weighted by atomic mass is 16.5. The van der Waals surface area contributed by atoms with E-state index in [4.69, 9.17) is 4.74 Å². The molecular weight excluding hydrogens is 234 g/mol. The number of methoxy groups -OCH3 is 1. The molecule has 0 rings (SSSR count). The molecule has 0 bridgehead atoms. The van der Waals surface area contributed by atoms with Gasteiger partial charge in [-0.3, -0.25) is 14.9 Å². The van der Waals surface area contributed by atoms with Gasteiger partial charge in [-0.25, -0.2) is 0 Å². The van der Waals surface area contributed by atoms with E-state index in [0.29, 0.717) is 13.2 Å². The summed E-state index contributed by atoms with van der Waals surface area (Å²) in [5.41, 5.74) is -0.270. The van der Waals surface area contributed by atoms with Crippen LogP contribution in [0.2, 0.25) is 0 Å². The number of carbonyl (C=O) groups excluding carboxylic acids is 2. The highest BCUT2D eigenvalue weighted by molar-refractivity contribution is 5.83. The van der Waals surface area contributed by atoms with Crippen molar-refractivity contribution in [2.24, 2.45) is 0 Å². The number of hydrogen-bond acceptors (Lipinski definition) is 4. The molecule has 0 saturated heterocycles. The van der Waals surface area contributed by atoms with Gasteiger partial charge in [0.2, 0.25) is 11.8 Å². The quantitative estimate of drug-likeness (QED) is 0.546. The van der Waals surface area contributed by atoms with Crippen molar-refractivity contribution in [3.05, 3.63) is 0 Å². The summed E-state index contributed by atoms with van der Waals surface area (Å²) in [4.78, 5) is 23.1. The van der Waals surface area contributed by atoms with Crippen LogP contribution in [0.4, 0.5) is 0 Å². The molecule has 0 aromatic carbocycles. The lowest BCUT2D eigenvalue weighted by atomic mass is 10.1. The van der Waals surface area contributed by atoms with Gasteiger partial charge >= 0.3 is 0 Å². The zero-order chi connectivity index (χ0) is 14.2. The number of rotatable bonds is 7. The van der Waals surface area contributed by atoms with E-state index < -0.39 is 6.04 Å². The Balaban J connectivity index is 3.85. The number of amides is 2. The Hall–Kier alpha value is -1.14. The second-order valence-electron chi connectivity index (χ2n) is 5.18. The molecule has 0 spiro atoms. The SMILES string of the molecule is COCCNC(=O)CNC(C)C(=O)NC(C)(C)C. The fourth-order valence-electron chi connectivity index (χ4n) is 1.17. The maximum Gasteiger partial charge on any atom is 0.237 e. The minimum absolute atomic E-state index is 0.114. The summed E-state index contributed by atoms with van der Waals surface area (Å²) in [7, 11) is 1.57. The van der Waals surface area contributed by atoms with Crippen LogP contribution in [-0.4, -0.2) is 50.2 Å². The summed E-state index contributed by atoms with van der Waals surface area (Å²) in [5.74, 6) is -0.269. The van der Waals surface area contributed by atoms with Gasteiger partial charge in [-0.2, -0.15) is 0 Å². The van der Waals surface area contributed by atoms with E-state index in [2.05, 4.69) is 16.0 Å². The predicted octanol–water partition coefficient (Wildman–Crippen LogP) is -0.358. The zero-order valence-electron chi connectivity index (χ0n) is 11.9. The van der Waals surface area contributed by atoms with E-state index >= 15 is 0 Å². The molecule has 18 heavy (non-hydrogen) atoms. The third-order valence-electron chi connectivity index (χ3n) is 2.09. The van der Waals surface area contributed by atoms with E-state index in [1.54, 1.807) is 14.0 Å². The minimum atomic E-state index is -0.405. The minimum Gasteiger partial charge on any atom is -0.383 e. The zero-order valence-corrected chi connectivity index (χ0v) is 11.9. The van der Waals surface area contributed by atoms with Crippen molar-refractivity contribution in [1.29, 1.82) is 0 Å². The largest absolute Gasteiger partial charge is 0.383 e. The Kier molecular flexibility index (Phi) is 7.54. The third-order valence-corrected chi connectivity index (χ3v) is 2.09. The Morgan fingerprint density at radius 1 is 1.28 bits per heavy atom. The highest BCUT2D eigenvalue weighted by Gasteiger charge is 2.19. The van der Waals surface area contributed by atoms with Crippen molar-refractivity contribution in [3.8, 4) is 0 Å². The van der Waals surface area contributed by atoms with E-state index in [9.17, 15) is 9.59 Å². The fourth-order valence-corrected chi connectivity index (χ4v) is 1.17.